The van der Waals surface area contributed by atoms with E-state index >= 15 is 0 Å². The van der Waals surface area contributed by atoms with E-state index in [0.717, 1.165) is 28.5 Å². The van der Waals surface area contributed by atoms with Gasteiger partial charge in [-0.15, -0.1) is 0 Å². The number of nitrogens with one attached hydrogen (secondary N) is 1. The highest BCUT2D eigenvalue weighted by atomic mass is 19.1. The van der Waals surface area contributed by atoms with Gasteiger partial charge in [-0.1, -0.05) is 12.1 Å². The summed E-state index contributed by atoms with van der Waals surface area (Å²) in [6.45, 7) is 1.88. The molecule has 2 aromatic rings. The summed E-state index contributed by atoms with van der Waals surface area (Å²) < 4.78 is 26.7. The molecular weight excluding hydrogens is 286 g/mol. The second kappa shape index (κ2) is 5.67. The molecule has 0 saturated carbocycles. The third-order valence-electron chi connectivity index (χ3n) is 3.64. The monoisotopic (exact) mass is 300 g/mol. The van der Waals surface area contributed by atoms with Gasteiger partial charge < -0.3 is 0 Å². The van der Waals surface area contributed by atoms with Crippen LogP contribution < -0.4 is 5.43 Å². The topological polar surface area (TPSA) is 41.5 Å². The van der Waals surface area contributed by atoms with Crippen molar-refractivity contribution in [2.24, 2.45) is 5.10 Å². The van der Waals surface area contributed by atoms with Crippen molar-refractivity contribution in [1.82, 2.24) is 5.43 Å². The Kier molecular flexibility index (Phi) is 3.71. The van der Waals surface area contributed by atoms with Crippen LogP contribution in [-0.2, 0) is 4.79 Å². The standard InChI is InChI=1S/C17H14F2N2O/c1-10-6-11(16-4-5-17(22)21-20-16)2-3-15(10)12-7-13(18)9-14(19)8-12/h2-3,6-9H,4-5H2,1H3,(H,21,22). The first-order valence-corrected chi connectivity index (χ1v) is 6.96. The molecule has 1 aliphatic rings. The molecule has 1 heterocycles. The third kappa shape index (κ3) is 2.88. The molecule has 3 nitrogen and oxygen atoms in total. The maximum atomic E-state index is 13.4. The van der Waals surface area contributed by atoms with E-state index in [-0.39, 0.29) is 5.91 Å². The lowest BCUT2D eigenvalue weighted by molar-refractivity contribution is -0.121. The van der Waals surface area contributed by atoms with Gasteiger partial charge in [-0.3, -0.25) is 4.79 Å². The van der Waals surface area contributed by atoms with Crippen LogP contribution in [0.3, 0.4) is 0 Å². The molecule has 22 heavy (non-hydrogen) atoms. The van der Waals surface area contributed by atoms with E-state index in [2.05, 4.69) is 10.5 Å². The molecule has 0 aromatic heterocycles. The minimum atomic E-state index is -0.599. The number of hydrazone groups is 1. The SMILES string of the molecule is Cc1cc(C2=NNC(=O)CC2)ccc1-c1cc(F)cc(F)c1. The van der Waals surface area contributed by atoms with Crippen molar-refractivity contribution in [3.63, 3.8) is 0 Å². The van der Waals surface area contributed by atoms with Gasteiger partial charge in [-0.2, -0.15) is 5.10 Å². The van der Waals surface area contributed by atoms with E-state index < -0.39 is 11.6 Å². The van der Waals surface area contributed by atoms with Gasteiger partial charge in [0.25, 0.3) is 0 Å². The number of halogens is 2. The first-order valence-electron chi connectivity index (χ1n) is 6.96. The van der Waals surface area contributed by atoms with E-state index in [4.69, 9.17) is 0 Å². The molecule has 0 radical (unpaired) electrons. The zero-order valence-electron chi connectivity index (χ0n) is 12.0. The first kappa shape index (κ1) is 14.4. The predicted octanol–water partition coefficient (Wildman–Crippen LogP) is 3.55. The van der Waals surface area contributed by atoms with Crippen LogP contribution in [0.5, 0.6) is 0 Å². The summed E-state index contributed by atoms with van der Waals surface area (Å²) in [7, 11) is 0. The fourth-order valence-electron chi connectivity index (χ4n) is 2.56. The van der Waals surface area contributed by atoms with Gasteiger partial charge >= 0.3 is 0 Å². The van der Waals surface area contributed by atoms with Crippen molar-refractivity contribution in [2.45, 2.75) is 19.8 Å². The molecule has 1 aliphatic heterocycles. The zero-order chi connectivity index (χ0) is 15.7. The van der Waals surface area contributed by atoms with E-state index in [1.807, 2.05) is 25.1 Å². The highest BCUT2D eigenvalue weighted by molar-refractivity contribution is 6.04. The summed E-state index contributed by atoms with van der Waals surface area (Å²) >= 11 is 0. The van der Waals surface area contributed by atoms with Crippen LogP contribution in [0.15, 0.2) is 41.5 Å². The van der Waals surface area contributed by atoms with Crippen LogP contribution in [-0.4, -0.2) is 11.6 Å². The average molecular weight is 300 g/mol. The maximum absolute atomic E-state index is 13.4. The lowest BCUT2D eigenvalue weighted by Crippen LogP contribution is -2.25. The molecular formula is C17H14F2N2O. The molecule has 5 heteroatoms. The smallest absolute Gasteiger partial charge is 0.240 e. The number of aryl methyl sites for hydroxylation is 1. The average Bonchev–Trinajstić information content (AvgIpc) is 2.46. The van der Waals surface area contributed by atoms with E-state index in [1.165, 1.54) is 12.1 Å². The molecule has 1 amide bonds. The summed E-state index contributed by atoms with van der Waals surface area (Å²) in [5.41, 5.74) is 6.32. The Morgan fingerprint density at radius 3 is 2.32 bits per heavy atom. The van der Waals surface area contributed by atoms with Crippen LogP contribution in [0.25, 0.3) is 11.1 Å². The lowest BCUT2D eigenvalue weighted by Gasteiger charge is -2.14. The van der Waals surface area contributed by atoms with Gasteiger partial charge in [-0.05, 0) is 47.4 Å². The second-order valence-corrected chi connectivity index (χ2v) is 5.28. The zero-order valence-corrected chi connectivity index (χ0v) is 12.0. The van der Waals surface area contributed by atoms with E-state index in [1.54, 1.807) is 0 Å². The Morgan fingerprint density at radius 2 is 1.73 bits per heavy atom. The van der Waals surface area contributed by atoms with Gasteiger partial charge in [0.1, 0.15) is 11.6 Å². The molecule has 2 aromatic carbocycles. The molecule has 0 bridgehead atoms. The number of carbonyl (C=O) groups is 1. The summed E-state index contributed by atoms with van der Waals surface area (Å²) in [6.07, 6.45) is 0.994. The summed E-state index contributed by atoms with van der Waals surface area (Å²) in [5, 5.41) is 4.05. The Labute approximate surface area is 126 Å². The molecule has 0 atom stereocenters. The van der Waals surface area contributed by atoms with Crippen LogP contribution >= 0.6 is 0 Å². The number of hydrogen-bond acceptors (Lipinski definition) is 2. The highest BCUT2D eigenvalue weighted by Crippen LogP contribution is 2.26. The molecule has 0 aliphatic carbocycles. The maximum Gasteiger partial charge on any atom is 0.240 e. The normalized spacial score (nSPS) is 14.5. The molecule has 0 saturated heterocycles. The van der Waals surface area contributed by atoms with Gasteiger partial charge in [0.05, 0.1) is 5.71 Å². The van der Waals surface area contributed by atoms with Crippen molar-refractivity contribution in [3.05, 3.63) is 59.2 Å². The molecule has 0 fully saturated rings. The van der Waals surface area contributed by atoms with E-state index in [9.17, 15) is 13.6 Å². The van der Waals surface area contributed by atoms with Gasteiger partial charge in [0, 0.05) is 18.9 Å². The van der Waals surface area contributed by atoms with Crippen molar-refractivity contribution in [3.8, 4) is 11.1 Å². The van der Waals surface area contributed by atoms with Crippen LogP contribution in [0, 0.1) is 18.6 Å². The number of carbonyl (C=O) groups excluding carboxylic acids is 1. The van der Waals surface area contributed by atoms with Gasteiger partial charge in [-0.25, -0.2) is 14.2 Å². The number of amides is 1. The predicted molar refractivity (Wildman–Crippen MR) is 80.4 cm³/mol. The summed E-state index contributed by atoms with van der Waals surface area (Å²) in [4.78, 5) is 11.1. The lowest BCUT2D eigenvalue weighted by atomic mass is 9.95. The van der Waals surface area contributed by atoms with Crippen molar-refractivity contribution < 1.29 is 13.6 Å². The van der Waals surface area contributed by atoms with E-state index in [0.29, 0.717) is 18.4 Å². The van der Waals surface area contributed by atoms with Crippen LogP contribution in [0.1, 0.15) is 24.0 Å². The summed E-state index contributed by atoms with van der Waals surface area (Å²) in [6, 6.07) is 9.05. The Hall–Kier alpha value is -2.56. The summed E-state index contributed by atoms with van der Waals surface area (Å²) in [5.74, 6) is -1.29. The fourth-order valence-corrected chi connectivity index (χ4v) is 2.56. The van der Waals surface area contributed by atoms with Crippen LogP contribution in [0.2, 0.25) is 0 Å². The first-order chi connectivity index (χ1) is 10.5. The second-order valence-electron chi connectivity index (χ2n) is 5.28. The minimum Gasteiger partial charge on any atom is -0.273 e. The quantitative estimate of drug-likeness (QED) is 0.905. The number of nitrogens with zero attached hydrogens (tertiary/aromatic N) is 1. The molecule has 0 unspecified atom stereocenters. The minimum absolute atomic E-state index is 0.0904. The largest absolute Gasteiger partial charge is 0.273 e. The fraction of sp³-hybridized carbons (Fsp3) is 0.176. The van der Waals surface area contributed by atoms with Crippen molar-refractivity contribution >= 4 is 11.6 Å². The third-order valence-corrected chi connectivity index (χ3v) is 3.64. The number of rotatable bonds is 2. The highest BCUT2D eigenvalue weighted by Gasteiger charge is 2.14. The Morgan fingerprint density at radius 1 is 1.00 bits per heavy atom. The number of hydrogen-bond donors (Lipinski definition) is 1. The Bertz CT molecular complexity index is 764. The van der Waals surface area contributed by atoms with Crippen molar-refractivity contribution in [1.29, 1.82) is 0 Å². The molecule has 1 N–H and O–H groups in total. The molecule has 112 valence electrons. The molecule has 3 rings (SSSR count). The van der Waals surface area contributed by atoms with Crippen molar-refractivity contribution in [2.75, 3.05) is 0 Å². The van der Waals surface area contributed by atoms with Crippen LogP contribution in [0.4, 0.5) is 8.78 Å². The van der Waals surface area contributed by atoms with Gasteiger partial charge in [0.2, 0.25) is 5.91 Å². The van der Waals surface area contributed by atoms with Gasteiger partial charge in [0.15, 0.2) is 0 Å². The molecule has 0 spiro atoms. The number of benzene rings is 2. The Balaban J connectivity index is 1.97.